The van der Waals surface area contributed by atoms with Crippen LogP contribution in [0.4, 0.5) is 0 Å². The van der Waals surface area contributed by atoms with Crippen molar-refractivity contribution in [3.8, 4) is 0 Å². The molecule has 3 unspecified atom stereocenters. The van der Waals surface area contributed by atoms with Gasteiger partial charge in [0.05, 0.1) is 6.10 Å². The van der Waals surface area contributed by atoms with Gasteiger partial charge in [-0.15, -0.1) is 24.0 Å². The second-order valence-electron chi connectivity index (χ2n) is 6.66. The van der Waals surface area contributed by atoms with Gasteiger partial charge in [0.25, 0.3) is 0 Å². The van der Waals surface area contributed by atoms with E-state index in [0.717, 1.165) is 19.1 Å². The third-order valence-corrected chi connectivity index (χ3v) is 4.36. The predicted octanol–water partition coefficient (Wildman–Crippen LogP) is 2.77. The third-order valence-electron chi connectivity index (χ3n) is 4.36. The molecular weight excluding hydrogens is 365 g/mol. The first kappa shape index (κ1) is 18.0. The molecule has 4 nitrogen and oxygen atoms in total. The molecule has 0 amide bonds. The van der Waals surface area contributed by atoms with E-state index in [2.05, 4.69) is 50.2 Å². The summed E-state index contributed by atoms with van der Waals surface area (Å²) in [6, 6.07) is 0.869. The van der Waals surface area contributed by atoms with Crippen molar-refractivity contribution in [3.05, 3.63) is 0 Å². The second kappa shape index (κ2) is 7.29. The molecule has 0 spiro atoms. The molecule has 2 rings (SSSR count). The molecule has 0 radical (unpaired) electrons. The summed E-state index contributed by atoms with van der Waals surface area (Å²) in [7, 11) is 0. The summed E-state index contributed by atoms with van der Waals surface area (Å²) in [5.74, 6) is 1.58. The number of fused-ring (bicyclic) bond motifs is 1. The lowest BCUT2D eigenvalue weighted by Crippen LogP contribution is -2.71. The van der Waals surface area contributed by atoms with Gasteiger partial charge in [0, 0.05) is 36.6 Å². The number of nitrogens with one attached hydrogen (secondary N) is 2. The third kappa shape index (κ3) is 3.59. The van der Waals surface area contributed by atoms with Crippen molar-refractivity contribution in [2.75, 3.05) is 13.2 Å². The van der Waals surface area contributed by atoms with Gasteiger partial charge in [0.1, 0.15) is 0 Å². The van der Waals surface area contributed by atoms with Crippen molar-refractivity contribution < 1.29 is 4.74 Å². The quantitative estimate of drug-likeness (QED) is 0.439. The molecule has 3 atom stereocenters. The molecule has 0 bridgehead atoms. The van der Waals surface area contributed by atoms with E-state index >= 15 is 0 Å². The zero-order chi connectivity index (χ0) is 14.0. The van der Waals surface area contributed by atoms with Crippen molar-refractivity contribution in [1.29, 1.82) is 0 Å². The molecule has 0 aromatic heterocycles. The van der Waals surface area contributed by atoms with Crippen molar-refractivity contribution in [3.63, 3.8) is 0 Å². The fourth-order valence-electron chi connectivity index (χ4n) is 3.53. The average molecular weight is 395 g/mol. The van der Waals surface area contributed by atoms with Crippen LogP contribution in [0.2, 0.25) is 0 Å². The van der Waals surface area contributed by atoms with Crippen LogP contribution < -0.4 is 10.6 Å². The van der Waals surface area contributed by atoms with Gasteiger partial charge in [-0.05, 0) is 33.6 Å². The van der Waals surface area contributed by atoms with Gasteiger partial charge in [0.2, 0.25) is 0 Å². The highest BCUT2D eigenvalue weighted by Gasteiger charge is 2.58. The Bertz CT molecular complexity index is 344. The summed E-state index contributed by atoms with van der Waals surface area (Å²) in [6.45, 7) is 12.7. The van der Waals surface area contributed by atoms with Crippen LogP contribution in [0.15, 0.2) is 4.99 Å². The summed E-state index contributed by atoms with van der Waals surface area (Å²) in [4.78, 5) is 4.54. The first-order valence-corrected chi connectivity index (χ1v) is 7.66. The summed E-state index contributed by atoms with van der Waals surface area (Å²) in [5, 5.41) is 7.05. The Morgan fingerprint density at radius 3 is 2.70 bits per heavy atom. The first-order chi connectivity index (χ1) is 8.96. The van der Waals surface area contributed by atoms with Crippen LogP contribution in [0.1, 0.15) is 47.5 Å². The number of halogens is 1. The van der Waals surface area contributed by atoms with Crippen molar-refractivity contribution in [2.45, 2.75) is 65.6 Å². The van der Waals surface area contributed by atoms with Crippen LogP contribution in [-0.2, 0) is 4.74 Å². The van der Waals surface area contributed by atoms with Gasteiger partial charge < -0.3 is 15.4 Å². The highest BCUT2D eigenvalue weighted by Crippen LogP contribution is 2.51. The Kier molecular flexibility index (Phi) is 6.57. The van der Waals surface area contributed by atoms with Crippen LogP contribution in [0.5, 0.6) is 0 Å². The maximum atomic E-state index is 5.94. The summed E-state index contributed by atoms with van der Waals surface area (Å²) in [5.41, 5.74) is 0.193. The molecule has 2 fully saturated rings. The minimum absolute atomic E-state index is 0. The van der Waals surface area contributed by atoms with E-state index < -0.39 is 0 Å². The molecule has 1 aliphatic carbocycles. The van der Waals surface area contributed by atoms with Gasteiger partial charge in [-0.3, -0.25) is 4.99 Å². The molecule has 5 heteroatoms. The van der Waals surface area contributed by atoms with Crippen LogP contribution >= 0.6 is 24.0 Å². The lowest BCUT2D eigenvalue weighted by atomic mass is 9.55. The average Bonchev–Trinajstić information content (AvgIpc) is 2.35. The molecule has 1 heterocycles. The number of guanidine groups is 1. The highest BCUT2D eigenvalue weighted by molar-refractivity contribution is 14.0. The maximum Gasteiger partial charge on any atom is 0.191 e. The first-order valence-electron chi connectivity index (χ1n) is 7.66. The molecule has 0 aromatic rings. The van der Waals surface area contributed by atoms with Gasteiger partial charge in [-0.1, -0.05) is 13.8 Å². The molecule has 1 aliphatic heterocycles. The monoisotopic (exact) mass is 395 g/mol. The van der Waals surface area contributed by atoms with E-state index in [4.69, 9.17) is 4.74 Å². The number of nitrogens with zero attached hydrogens (tertiary/aromatic N) is 1. The van der Waals surface area contributed by atoms with E-state index in [0.29, 0.717) is 24.1 Å². The largest absolute Gasteiger partial charge is 0.377 e. The Labute approximate surface area is 140 Å². The highest BCUT2D eigenvalue weighted by atomic mass is 127. The summed E-state index contributed by atoms with van der Waals surface area (Å²) >= 11 is 0. The molecule has 1 saturated heterocycles. The van der Waals surface area contributed by atoms with Gasteiger partial charge in [-0.2, -0.15) is 0 Å². The number of hydrogen-bond acceptors (Lipinski definition) is 2. The minimum Gasteiger partial charge on any atom is -0.377 e. The van der Waals surface area contributed by atoms with E-state index in [1.54, 1.807) is 0 Å². The molecule has 118 valence electrons. The zero-order valence-corrected chi connectivity index (χ0v) is 15.7. The Hall–Kier alpha value is -0.0400. The normalized spacial score (nSPS) is 31.9. The molecular formula is C15H30IN3O. The lowest BCUT2D eigenvalue weighted by Gasteiger charge is -2.60. The van der Waals surface area contributed by atoms with E-state index in [-0.39, 0.29) is 29.4 Å². The molecule has 2 aliphatic rings. The Morgan fingerprint density at radius 2 is 2.10 bits per heavy atom. The SMILES string of the molecule is CCN=C(NC(C)C)NC1C2CCCOC2C1(C)C.I. The minimum atomic E-state index is 0. The van der Waals surface area contributed by atoms with Crippen molar-refractivity contribution in [1.82, 2.24) is 10.6 Å². The van der Waals surface area contributed by atoms with Gasteiger partial charge in [0.15, 0.2) is 5.96 Å². The molecule has 1 saturated carbocycles. The topological polar surface area (TPSA) is 45.7 Å². The second-order valence-corrected chi connectivity index (χ2v) is 6.66. The van der Waals surface area contributed by atoms with E-state index in [9.17, 15) is 0 Å². The molecule has 0 aromatic carbocycles. The van der Waals surface area contributed by atoms with Gasteiger partial charge >= 0.3 is 0 Å². The van der Waals surface area contributed by atoms with E-state index in [1.165, 1.54) is 12.8 Å². The van der Waals surface area contributed by atoms with Crippen LogP contribution in [0.3, 0.4) is 0 Å². The molecule has 20 heavy (non-hydrogen) atoms. The number of ether oxygens (including phenoxy) is 1. The van der Waals surface area contributed by atoms with Crippen LogP contribution in [0, 0.1) is 11.3 Å². The Morgan fingerprint density at radius 1 is 1.40 bits per heavy atom. The fraction of sp³-hybridized carbons (Fsp3) is 0.933. The van der Waals surface area contributed by atoms with E-state index in [1.807, 2.05) is 0 Å². The number of aliphatic imine (C=N–C) groups is 1. The van der Waals surface area contributed by atoms with Gasteiger partial charge in [-0.25, -0.2) is 0 Å². The Balaban J connectivity index is 0.00000200. The standard InChI is InChI=1S/C15H29N3O.HI/c1-6-16-14(17-10(2)3)18-12-11-8-7-9-19-13(11)15(12,4)5;/h10-13H,6-9H2,1-5H3,(H2,16,17,18);1H. The summed E-state index contributed by atoms with van der Waals surface area (Å²) < 4.78 is 5.94. The van der Waals surface area contributed by atoms with Crippen molar-refractivity contribution in [2.24, 2.45) is 16.3 Å². The number of rotatable bonds is 3. The van der Waals surface area contributed by atoms with Crippen LogP contribution in [-0.4, -0.2) is 37.3 Å². The lowest BCUT2D eigenvalue weighted by molar-refractivity contribution is -0.188. The summed E-state index contributed by atoms with van der Waals surface area (Å²) in [6.07, 6.45) is 2.88. The maximum absolute atomic E-state index is 5.94. The predicted molar refractivity (Wildman–Crippen MR) is 94.8 cm³/mol. The van der Waals surface area contributed by atoms with Crippen molar-refractivity contribution >= 4 is 29.9 Å². The zero-order valence-electron chi connectivity index (χ0n) is 13.4. The number of hydrogen-bond donors (Lipinski definition) is 2. The smallest absolute Gasteiger partial charge is 0.191 e. The molecule has 2 N–H and O–H groups in total. The fourth-order valence-corrected chi connectivity index (χ4v) is 3.53. The van der Waals surface area contributed by atoms with Crippen LogP contribution in [0.25, 0.3) is 0 Å².